The van der Waals surface area contributed by atoms with Gasteiger partial charge in [0.25, 0.3) is 0 Å². The number of aromatic nitrogens is 3. The molecule has 3 aromatic rings. The average Bonchev–Trinajstić information content (AvgIpc) is 3.31. The molecule has 0 spiro atoms. The van der Waals surface area contributed by atoms with Gasteiger partial charge in [0.15, 0.2) is 11.8 Å². The summed E-state index contributed by atoms with van der Waals surface area (Å²) in [5.74, 6) is -0.632. The Hall–Kier alpha value is -3.08. The fraction of sp³-hybridized carbons (Fsp3) is 0.594. The second-order valence-corrected chi connectivity index (χ2v) is 12.8. The molecule has 1 aromatic carbocycles. The third-order valence-corrected chi connectivity index (χ3v) is 8.15. The predicted molar refractivity (Wildman–Crippen MR) is 157 cm³/mol. The summed E-state index contributed by atoms with van der Waals surface area (Å²) in [4.78, 5) is 19.6. The summed E-state index contributed by atoms with van der Waals surface area (Å²) in [6.07, 6.45) is 4.03. The summed E-state index contributed by atoms with van der Waals surface area (Å²) in [7, 11) is 0. The topological polar surface area (TPSA) is 98.4 Å². The number of hydrogen-bond acceptors (Lipinski definition) is 7. The number of ether oxygens (including phenoxy) is 3. The lowest BCUT2D eigenvalue weighted by molar-refractivity contribution is -0.160. The molecule has 3 aliphatic rings. The Morgan fingerprint density at radius 1 is 1.12 bits per heavy atom. The number of carboxylic acids is 1. The Bertz CT molecular complexity index is 1420. The summed E-state index contributed by atoms with van der Waals surface area (Å²) in [6.45, 7) is 12.1. The predicted octanol–water partition coefficient (Wildman–Crippen LogP) is 5.94. The van der Waals surface area contributed by atoms with E-state index in [0.717, 1.165) is 49.7 Å². The van der Waals surface area contributed by atoms with Crippen molar-refractivity contribution in [2.45, 2.75) is 104 Å². The standard InChI is InChI=1S/C32H43FN4O5/c1-21-27(28(30(38)39)42-31(2,3)4)29-36-14-12-32(5,13-15-36)41-16-8-6-7-9-22-17-24(33)11-10-23(22)19-40-20-25-18-26(34-21)37(29)35-25/h10-11,17-18,28H,6-9,12-16,19-20H2,1-5H3,(H,38,39)/t28-/m0/s1. The van der Waals surface area contributed by atoms with Crippen LogP contribution in [-0.2, 0) is 38.6 Å². The van der Waals surface area contributed by atoms with Gasteiger partial charge in [0.2, 0.25) is 0 Å². The van der Waals surface area contributed by atoms with Gasteiger partial charge >= 0.3 is 5.97 Å². The first kappa shape index (κ1) is 30.4. The highest BCUT2D eigenvalue weighted by Crippen LogP contribution is 2.38. The average molecular weight is 583 g/mol. The summed E-state index contributed by atoms with van der Waals surface area (Å²) < 4.78 is 34.4. The second kappa shape index (κ2) is 12.3. The van der Waals surface area contributed by atoms with Gasteiger partial charge in [-0.3, -0.25) is 0 Å². The maximum atomic E-state index is 14.1. The van der Waals surface area contributed by atoms with Crippen LogP contribution in [0.3, 0.4) is 0 Å². The van der Waals surface area contributed by atoms with Crippen molar-refractivity contribution in [1.82, 2.24) is 14.6 Å². The number of carbonyl (C=O) groups is 1. The van der Waals surface area contributed by atoms with E-state index in [1.807, 2.05) is 33.8 Å². The number of hydrogen-bond donors (Lipinski definition) is 1. The number of rotatable bonds is 3. The normalized spacial score (nSPS) is 19.2. The van der Waals surface area contributed by atoms with E-state index in [-0.39, 0.29) is 18.0 Å². The first-order valence-corrected chi connectivity index (χ1v) is 15.0. The van der Waals surface area contributed by atoms with Crippen LogP contribution in [0.15, 0.2) is 24.3 Å². The van der Waals surface area contributed by atoms with E-state index in [1.54, 1.807) is 16.6 Å². The Balaban J connectivity index is 1.56. The smallest absolute Gasteiger partial charge is 0.337 e. The number of piperidine rings is 1. The van der Waals surface area contributed by atoms with Crippen molar-refractivity contribution < 1.29 is 28.5 Å². The highest BCUT2D eigenvalue weighted by molar-refractivity contribution is 5.78. The van der Waals surface area contributed by atoms with Crippen molar-refractivity contribution in [2.75, 3.05) is 24.6 Å². The maximum Gasteiger partial charge on any atom is 0.337 e. The summed E-state index contributed by atoms with van der Waals surface area (Å²) in [5, 5.41) is 15.2. The molecular formula is C32H43FN4O5. The van der Waals surface area contributed by atoms with E-state index in [0.29, 0.717) is 54.7 Å². The fourth-order valence-electron chi connectivity index (χ4n) is 5.91. The van der Waals surface area contributed by atoms with Crippen molar-refractivity contribution in [2.24, 2.45) is 0 Å². The third kappa shape index (κ3) is 6.93. The van der Waals surface area contributed by atoms with Crippen LogP contribution in [0.5, 0.6) is 0 Å². The van der Waals surface area contributed by atoms with Crippen LogP contribution in [0.4, 0.5) is 10.2 Å². The van der Waals surface area contributed by atoms with Crippen LogP contribution < -0.4 is 4.90 Å². The number of nitrogens with zero attached hydrogens (tertiary/aromatic N) is 4. The molecule has 5 heterocycles. The Labute approximate surface area is 247 Å². The largest absolute Gasteiger partial charge is 0.479 e. The first-order chi connectivity index (χ1) is 19.9. The molecule has 0 amide bonds. The molecule has 1 saturated heterocycles. The lowest BCUT2D eigenvalue weighted by atomic mass is 9.92. The van der Waals surface area contributed by atoms with Gasteiger partial charge < -0.3 is 24.2 Å². The Morgan fingerprint density at radius 2 is 1.88 bits per heavy atom. The summed E-state index contributed by atoms with van der Waals surface area (Å²) >= 11 is 0. The molecule has 1 fully saturated rings. The van der Waals surface area contributed by atoms with Gasteiger partial charge in [-0.15, -0.1) is 0 Å². The number of carboxylic acid groups (broad SMARTS) is 1. The van der Waals surface area contributed by atoms with E-state index in [4.69, 9.17) is 24.3 Å². The molecule has 0 radical (unpaired) electrons. The molecule has 10 heteroatoms. The molecule has 228 valence electrons. The van der Waals surface area contributed by atoms with Crippen LogP contribution in [0, 0.1) is 12.7 Å². The van der Waals surface area contributed by atoms with Crippen molar-refractivity contribution in [1.29, 1.82) is 0 Å². The quantitative estimate of drug-likeness (QED) is 0.406. The molecule has 1 atom stereocenters. The molecule has 9 nitrogen and oxygen atoms in total. The molecule has 1 N–H and O–H groups in total. The number of aliphatic carboxylic acids is 1. The molecule has 4 bridgehead atoms. The van der Waals surface area contributed by atoms with Gasteiger partial charge in [0.1, 0.15) is 11.6 Å². The van der Waals surface area contributed by atoms with Gasteiger partial charge in [0.05, 0.1) is 35.7 Å². The van der Waals surface area contributed by atoms with Crippen LogP contribution in [0.25, 0.3) is 5.65 Å². The lowest BCUT2D eigenvalue weighted by Crippen LogP contribution is -2.46. The van der Waals surface area contributed by atoms with Crippen LogP contribution in [0.1, 0.15) is 94.0 Å². The minimum Gasteiger partial charge on any atom is -0.479 e. The van der Waals surface area contributed by atoms with Crippen molar-refractivity contribution in [3.8, 4) is 0 Å². The number of anilines is 1. The second-order valence-electron chi connectivity index (χ2n) is 12.8. The van der Waals surface area contributed by atoms with Crippen LogP contribution in [-0.4, -0.2) is 56.6 Å². The number of benzene rings is 1. The number of halogens is 1. The van der Waals surface area contributed by atoms with E-state index in [2.05, 4.69) is 11.8 Å². The van der Waals surface area contributed by atoms with E-state index in [9.17, 15) is 14.3 Å². The molecule has 0 aliphatic carbocycles. The zero-order valence-electron chi connectivity index (χ0n) is 25.4. The maximum absolute atomic E-state index is 14.1. The van der Waals surface area contributed by atoms with Crippen molar-refractivity contribution in [3.63, 3.8) is 0 Å². The highest BCUT2D eigenvalue weighted by Gasteiger charge is 2.37. The monoisotopic (exact) mass is 582 g/mol. The Kier molecular flexibility index (Phi) is 8.87. The highest BCUT2D eigenvalue weighted by atomic mass is 19.1. The minimum absolute atomic E-state index is 0.237. The van der Waals surface area contributed by atoms with Crippen molar-refractivity contribution >= 4 is 17.4 Å². The third-order valence-electron chi connectivity index (χ3n) is 8.15. The Morgan fingerprint density at radius 3 is 2.60 bits per heavy atom. The van der Waals surface area contributed by atoms with Gasteiger partial charge in [-0.05, 0) is 90.0 Å². The molecule has 0 saturated carbocycles. The van der Waals surface area contributed by atoms with Crippen molar-refractivity contribution in [3.05, 3.63) is 58.2 Å². The molecule has 3 aliphatic heterocycles. The SMILES string of the molecule is Cc1nc2cc3nn2c(c1[C@H](OC(C)(C)C)C(=O)O)N1CCC(C)(CC1)OCCCCCc1cc(F)ccc1COC3. The molecule has 0 unspecified atom stereocenters. The summed E-state index contributed by atoms with van der Waals surface area (Å²) in [6, 6.07) is 6.75. The summed E-state index contributed by atoms with van der Waals surface area (Å²) in [5.41, 5.74) is 3.35. The zero-order chi connectivity index (χ0) is 30.1. The minimum atomic E-state index is -1.22. The zero-order valence-corrected chi connectivity index (χ0v) is 25.4. The molecule has 6 rings (SSSR count). The molecule has 42 heavy (non-hydrogen) atoms. The van der Waals surface area contributed by atoms with Gasteiger partial charge in [-0.25, -0.2) is 14.2 Å². The first-order valence-electron chi connectivity index (χ1n) is 15.0. The molecule has 2 aromatic heterocycles. The van der Waals surface area contributed by atoms with Gasteiger partial charge in [0, 0.05) is 31.5 Å². The fourth-order valence-corrected chi connectivity index (χ4v) is 5.91. The number of fused-ring (bicyclic) bond motifs is 9. The van der Waals surface area contributed by atoms with Crippen LogP contribution >= 0.6 is 0 Å². The number of aryl methyl sites for hydroxylation is 2. The van der Waals surface area contributed by atoms with Gasteiger partial charge in [-0.2, -0.15) is 9.61 Å². The molecular weight excluding hydrogens is 539 g/mol. The van der Waals surface area contributed by atoms with E-state index in [1.165, 1.54) is 6.07 Å². The lowest BCUT2D eigenvalue weighted by Gasteiger charge is -2.41. The van der Waals surface area contributed by atoms with Crippen LogP contribution in [0.2, 0.25) is 0 Å². The van der Waals surface area contributed by atoms with E-state index >= 15 is 0 Å². The van der Waals surface area contributed by atoms with E-state index < -0.39 is 17.7 Å². The van der Waals surface area contributed by atoms with Gasteiger partial charge in [-0.1, -0.05) is 12.5 Å².